The number of hydrogen-bond acceptors (Lipinski definition) is 6. The molecule has 0 fully saturated rings. The lowest BCUT2D eigenvalue weighted by atomic mass is 10.0. The van der Waals surface area contributed by atoms with Crippen molar-refractivity contribution in [3.63, 3.8) is 0 Å². The molecular formula is C15H18N2O8. The van der Waals surface area contributed by atoms with E-state index >= 15 is 0 Å². The average molecular weight is 354 g/mol. The van der Waals surface area contributed by atoms with Gasteiger partial charge in [-0.05, 0) is 6.42 Å². The lowest BCUT2D eigenvalue weighted by Crippen LogP contribution is -2.41. The van der Waals surface area contributed by atoms with Crippen LogP contribution in [-0.4, -0.2) is 45.8 Å². The number of benzene rings is 1. The molecule has 0 radical (unpaired) electrons. The molecule has 0 bridgehead atoms. The summed E-state index contributed by atoms with van der Waals surface area (Å²) in [4.78, 5) is 43.6. The molecule has 0 heterocycles. The van der Waals surface area contributed by atoms with Gasteiger partial charge in [0.25, 0.3) is 5.69 Å². The van der Waals surface area contributed by atoms with Gasteiger partial charge in [-0.3, -0.25) is 14.9 Å². The van der Waals surface area contributed by atoms with Crippen molar-refractivity contribution in [2.75, 3.05) is 6.61 Å². The minimum atomic E-state index is -1.40. The van der Waals surface area contributed by atoms with Gasteiger partial charge < -0.3 is 20.3 Å². The average Bonchev–Trinajstić information content (AvgIpc) is 2.55. The van der Waals surface area contributed by atoms with Gasteiger partial charge in [0.1, 0.15) is 12.6 Å². The van der Waals surface area contributed by atoms with Crippen LogP contribution in [0.3, 0.4) is 0 Å². The van der Waals surface area contributed by atoms with Crippen LogP contribution in [0.4, 0.5) is 10.5 Å². The predicted octanol–water partition coefficient (Wildman–Crippen LogP) is 1.74. The van der Waals surface area contributed by atoms with E-state index in [1.54, 1.807) is 13.0 Å². The molecule has 0 saturated heterocycles. The van der Waals surface area contributed by atoms with Crippen LogP contribution in [0, 0.1) is 10.1 Å². The Hall–Kier alpha value is -3.17. The number of nitrogens with zero attached hydrogens (tertiary/aromatic N) is 1. The number of nitro benzene ring substituents is 1. The largest absolute Gasteiger partial charge is 0.481 e. The smallest absolute Gasteiger partial charge is 0.407 e. The summed E-state index contributed by atoms with van der Waals surface area (Å²) in [6.07, 6.45) is -1.76. The van der Waals surface area contributed by atoms with Gasteiger partial charge in [0.2, 0.25) is 0 Å². The highest BCUT2D eigenvalue weighted by Gasteiger charge is 2.23. The molecule has 0 aliphatic rings. The van der Waals surface area contributed by atoms with Crippen LogP contribution in [0.5, 0.6) is 0 Å². The Balaban J connectivity index is 2.62. The van der Waals surface area contributed by atoms with Gasteiger partial charge in [-0.2, -0.15) is 0 Å². The van der Waals surface area contributed by atoms with Crippen molar-refractivity contribution < 1.29 is 34.3 Å². The Labute approximate surface area is 142 Å². The number of nitro groups is 1. The van der Waals surface area contributed by atoms with E-state index in [1.807, 2.05) is 0 Å². The van der Waals surface area contributed by atoms with Crippen LogP contribution in [0.1, 0.15) is 31.2 Å². The summed E-state index contributed by atoms with van der Waals surface area (Å²) in [5, 5.41) is 30.6. The summed E-state index contributed by atoms with van der Waals surface area (Å²) >= 11 is 0. The number of nitrogens with one attached hydrogen (secondary N) is 1. The normalized spacial score (nSPS) is 12.7. The molecule has 25 heavy (non-hydrogen) atoms. The monoisotopic (exact) mass is 354 g/mol. The lowest BCUT2D eigenvalue weighted by molar-refractivity contribution is -0.385. The molecule has 0 aromatic heterocycles. The van der Waals surface area contributed by atoms with Crippen molar-refractivity contribution in [2.45, 2.75) is 31.7 Å². The number of aliphatic carboxylic acids is 2. The molecule has 1 aromatic carbocycles. The fourth-order valence-electron chi connectivity index (χ4n) is 2.07. The maximum Gasteiger partial charge on any atom is 0.407 e. The Morgan fingerprint density at radius 1 is 1.28 bits per heavy atom. The van der Waals surface area contributed by atoms with Gasteiger partial charge in [0.15, 0.2) is 0 Å². The minimum absolute atomic E-state index is 0.108. The molecule has 10 heteroatoms. The number of carboxylic acid groups (broad SMARTS) is 2. The van der Waals surface area contributed by atoms with Gasteiger partial charge in [-0.15, -0.1) is 0 Å². The summed E-state index contributed by atoms with van der Waals surface area (Å²) in [5.41, 5.74) is 0.268. The second-order valence-corrected chi connectivity index (χ2v) is 5.28. The van der Waals surface area contributed by atoms with Crippen LogP contribution in [0.25, 0.3) is 0 Å². The molecular weight excluding hydrogens is 336 g/mol. The molecule has 1 rings (SSSR count). The first-order valence-electron chi connectivity index (χ1n) is 7.33. The van der Waals surface area contributed by atoms with Gasteiger partial charge in [0.05, 0.1) is 4.92 Å². The molecule has 0 saturated carbocycles. The summed E-state index contributed by atoms with van der Waals surface area (Å²) in [6.45, 7) is 1.41. The van der Waals surface area contributed by atoms with Crippen LogP contribution in [0.15, 0.2) is 24.3 Å². The second kappa shape index (κ2) is 9.21. The molecule has 0 aliphatic carbocycles. The molecule has 1 aromatic rings. The zero-order valence-electron chi connectivity index (χ0n) is 13.4. The first-order chi connectivity index (χ1) is 11.7. The topological polar surface area (TPSA) is 156 Å². The Bertz CT molecular complexity index is 661. The van der Waals surface area contributed by atoms with E-state index in [0.29, 0.717) is 5.56 Å². The molecule has 136 valence electrons. The zero-order valence-corrected chi connectivity index (χ0v) is 13.4. The van der Waals surface area contributed by atoms with Crippen LogP contribution in [-0.2, 0) is 14.3 Å². The highest BCUT2D eigenvalue weighted by Crippen LogP contribution is 2.26. The van der Waals surface area contributed by atoms with E-state index in [9.17, 15) is 24.5 Å². The quantitative estimate of drug-likeness (QED) is 0.447. The van der Waals surface area contributed by atoms with Crippen molar-refractivity contribution in [3.05, 3.63) is 39.9 Å². The van der Waals surface area contributed by atoms with Crippen molar-refractivity contribution in [1.29, 1.82) is 0 Å². The Morgan fingerprint density at radius 3 is 2.48 bits per heavy atom. The zero-order chi connectivity index (χ0) is 19.0. The summed E-state index contributed by atoms with van der Waals surface area (Å²) in [7, 11) is 0. The Kier molecular flexibility index (Phi) is 7.32. The number of carbonyl (C=O) groups excluding carboxylic acids is 1. The highest BCUT2D eigenvalue weighted by molar-refractivity contribution is 5.80. The molecule has 3 N–H and O–H groups in total. The highest BCUT2D eigenvalue weighted by atomic mass is 16.6. The number of rotatable bonds is 9. The number of alkyl carbamates (subject to hydrolysis) is 1. The first-order valence-corrected chi connectivity index (χ1v) is 7.33. The van der Waals surface area contributed by atoms with Crippen LogP contribution < -0.4 is 5.32 Å². The first kappa shape index (κ1) is 19.9. The molecule has 0 spiro atoms. The van der Waals surface area contributed by atoms with Crippen LogP contribution >= 0.6 is 0 Å². The van der Waals surface area contributed by atoms with E-state index in [2.05, 4.69) is 5.32 Å². The predicted molar refractivity (Wildman–Crippen MR) is 84.3 cm³/mol. The maximum absolute atomic E-state index is 11.7. The van der Waals surface area contributed by atoms with Gasteiger partial charge in [-0.1, -0.05) is 25.1 Å². The third-order valence-electron chi connectivity index (χ3n) is 3.37. The SMILES string of the molecule is CC(COC(=O)NC(CCC(=O)O)C(=O)O)c1ccccc1[N+](=O)[O-]. The minimum Gasteiger partial charge on any atom is -0.481 e. The number of carboxylic acids is 2. The number of amides is 1. The van der Waals surface area contributed by atoms with Crippen LogP contribution in [0.2, 0.25) is 0 Å². The molecule has 10 nitrogen and oxygen atoms in total. The van der Waals surface area contributed by atoms with E-state index in [-0.39, 0.29) is 18.7 Å². The summed E-state index contributed by atoms with van der Waals surface area (Å²) < 4.78 is 4.90. The molecule has 2 atom stereocenters. The molecule has 2 unspecified atom stereocenters. The van der Waals surface area contributed by atoms with Crippen molar-refractivity contribution in [3.8, 4) is 0 Å². The molecule has 1 amide bonds. The van der Waals surface area contributed by atoms with E-state index < -0.39 is 41.3 Å². The summed E-state index contributed by atoms with van der Waals surface area (Å²) in [6, 6.07) is 4.60. The van der Waals surface area contributed by atoms with Crippen molar-refractivity contribution in [2.24, 2.45) is 0 Å². The maximum atomic E-state index is 11.7. The third-order valence-corrected chi connectivity index (χ3v) is 3.37. The lowest BCUT2D eigenvalue weighted by Gasteiger charge is -2.16. The number of para-hydroxylation sites is 1. The number of ether oxygens (including phenoxy) is 1. The van der Waals surface area contributed by atoms with Crippen molar-refractivity contribution >= 4 is 23.7 Å². The molecule has 0 aliphatic heterocycles. The Morgan fingerprint density at radius 2 is 1.92 bits per heavy atom. The number of carbonyl (C=O) groups is 3. The fraction of sp³-hybridized carbons (Fsp3) is 0.400. The van der Waals surface area contributed by atoms with Crippen molar-refractivity contribution in [1.82, 2.24) is 5.32 Å². The second-order valence-electron chi connectivity index (χ2n) is 5.28. The summed E-state index contributed by atoms with van der Waals surface area (Å²) in [5.74, 6) is -3.06. The number of hydrogen-bond donors (Lipinski definition) is 3. The fourth-order valence-corrected chi connectivity index (χ4v) is 2.07. The van der Waals surface area contributed by atoms with E-state index in [1.165, 1.54) is 18.2 Å². The third kappa shape index (κ3) is 6.45. The van der Waals surface area contributed by atoms with E-state index in [0.717, 1.165) is 0 Å². The van der Waals surface area contributed by atoms with Gasteiger partial charge >= 0.3 is 18.0 Å². The van der Waals surface area contributed by atoms with Gasteiger partial charge in [-0.25, -0.2) is 9.59 Å². The standard InChI is InChI=1S/C15H18N2O8/c1-9(10-4-2-3-5-12(10)17(23)24)8-25-15(22)16-11(14(20)21)6-7-13(18)19/h2-5,9,11H,6-8H2,1H3,(H,16,22)(H,18,19)(H,20,21). The van der Waals surface area contributed by atoms with Gasteiger partial charge in [0, 0.05) is 24.0 Å². The van der Waals surface area contributed by atoms with E-state index in [4.69, 9.17) is 14.9 Å².